The maximum atomic E-state index is 11.0. The van der Waals surface area contributed by atoms with E-state index in [-0.39, 0.29) is 0 Å². The van der Waals surface area contributed by atoms with Gasteiger partial charge in [0.1, 0.15) is 0 Å². The van der Waals surface area contributed by atoms with Gasteiger partial charge in [0.25, 0.3) is 0 Å². The molecule has 0 saturated heterocycles. The fraction of sp³-hybridized carbons (Fsp3) is 1.00. The molecule has 0 aromatic carbocycles. The van der Waals surface area contributed by atoms with Gasteiger partial charge < -0.3 is 0 Å². The molecule has 10 heavy (non-hydrogen) atoms. The van der Waals surface area contributed by atoms with Gasteiger partial charge in [-0.3, -0.25) is 0 Å². The summed E-state index contributed by atoms with van der Waals surface area (Å²) in [7, 11) is -0.770. The second-order valence-corrected chi connectivity index (χ2v) is 3.72. The van der Waals surface area contributed by atoms with Crippen LogP contribution in [0, 0.1) is 0 Å². The second-order valence-electron chi connectivity index (χ2n) is 2.35. The highest BCUT2D eigenvalue weighted by Gasteiger charge is 2.04. The second kappa shape index (κ2) is 5.86. The number of hydrogen-bond acceptors (Lipinski definition) is 1. The summed E-state index contributed by atoms with van der Waals surface area (Å²) in [5, 5.41) is 0. The molecule has 0 spiro atoms. The summed E-state index contributed by atoms with van der Waals surface area (Å²) in [6, 6.07) is 0. The molecule has 2 nitrogen and oxygen atoms in total. The summed E-state index contributed by atoms with van der Waals surface area (Å²) in [5.41, 5.74) is 0. The van der Waals surface area contributed by atoms with E-state index in [1.807, 2.05) is 4.31 Å². The minimum absolute atomic E-state index is 0.770. The maximum Gasteiger partial charge on any atom is 0.0910 e. The van der Waals surface area contributed by atoms with E-state index in [9.17, 15) is 4.21 Å². The average Bonchev–Trinajstić information content (AvgIpc) is 1.87. The third kappa shape index (κ3) is 4.01. The minimum atomic E-state index is -0.770. The van der Waals surface area contributed by atoms with Crippen molar-refractivity contribution in [1.29, 1.82) is 0 Å². The standard InChI is InChI=1S/C7H17NOS/c1-4-6-8(7-5-2)10(3)9/h4-7H2,1-3H3. The van der Waals surface area contributed by atoms with Crippen molar-refractivity contribution in [2.75, 3.05) is 19.3 Å². The van der Waals surface area contributed by atoms with E-state index < -0.39 is 11.0 Å². The minimum Gasteiger partial charge on any atom is -0.243 e. The largest absolute Gasteiger partial charge is 0.243 e. The lowest BCUT2D eigenvalue weighted by Crippen LogP contribution is -2.26. The van der Waals surface area contributed by atoms with Crippen LogP contribution in [0.3, 0.4) is 0 Å². The molecular formula is C7H17NOS. The van der Waals surface area contributed by atoms with Crippen molar-refractivity contribution in [2.45, 2.75) is 26.7 Å². The van der Waals surface area contributed by atoms with Gasteiger partial charge in [0.15, 0.2) is 0 Å². The Bertz CT molecular complexity index is 99.8. The lowest BCUT2D eigenvalue weighted by Gasteiger charge is -2.16. The molecule has 3 heteroatoms. The van der Waals surface area contributed by atoms with Crippen LogP contribution < -0.4 is 0 Å². The zero-order valence-corrected chi connectivity index (χ0v) is 7.91. The van der Waals surface area contributed by atoms with Crippen molar-refractivity contribution in [3.8, 4) is 0 Å². The summed E-state index contributed by atoms with van der Waals surface area (Å²) in [6.45, 7) is 6.12. The summed E-state index contributed by atoms with van der Waals surface area (Å²) >= 11 is 0. The zero-order chi connectivity index (χ0) is 7.98. The molecule has 1 unspecified atom stereocenters. The van der Waals surface area contributed by atoms with E-state index in [1.54, 1.807) is 6.26 Å². The summed E-state index contributed by atoms with van der Waals surface area (Å²) < 4.78 is 13.0. The number of hydrogen-bond donors (Lipinski definition) is 0. The number of nitrogens with zero attached hydrogens (tertiary/aromatic N) is 1. The van der Waals surface area contributed by atoms with E-state index in [2.05, 4.69) is 13.8 Å². The van der Waals surface area contributed by atoms with Crippen molar-refractivity contribution < 1.29 is 4.21 Å². The predicted molar refractivity (Wildman–Crippen MR) is 46.2 cm³/mol. The molecule has 0 amide bonds. The van der Waals surface area contributed by atoms with Gasteiger partial charge >= 0.3 is 0 Å². The van der Waals surface area contributed by atoms with Crippen molar-refractivity contribution in [1.82, 2.24) is 4.31 Å². The van der Waals surface area contributed by atoms with Crippen molar-refractivity contribution >= 4 is 11.0 Å². The molecule has 0 radical (unpaired) electrons. The third-order valence-electron chi connectivity index (χ3n) is 1.31. The Balaban J connectivity index is 3.61. The average molecular weight is 163 g/mol. The highest BCUT2D eigenvalue weighted by Crippen LogP contribution is 1.95. The molecule has 0 aliphatic carbocycles. The summed E-state index contributed by atoms with van der Waals surface area (Å²) in [5.74, 6) is 0. The Hall–Kier alpha value is 0.110. The Morgan fingerprint density at radius 1 is 1.20 bits per heavy atom. The monoisotopic (exact) mass is 163 g/mol. The number of rotatable bonds is 5. The molecule has 0 bridgehead atoms. The first-order valence-corrected chi connectivity index (χ1v) is 5.32. The highest BCUT2D eigenvalue weighted by atomic mass is 32.2. The van der Waals surface area contributed by atoms with E-state index in [0.29, 0.717) is 0 Å². The topological polar surface area (TPSA) is 20.3 Å². The fourth-order valence-electron chi connectivity index (χ4n) is 0.868. The Morgan fingerprint density at radius 2 is 1.60 bits per heavy atom. The van der Waals surface area contributed by atoms with Gasteiger partial charge in [-0.05, 0) is 12.8 Å². The molecule has 62 valence electrons. The summed E-state index contributed by atoms with van der Waals surface area (Å²) in [6.07, 6.45) is 3.91. The highest BCUT2D eigenvalue weighted by molar-refractivity contribution is 7.81. The third-order valence-corrected chi connectivity index (χ3v) is 2.40. The molecule has 0 aromatic heterocycles. The first-order valence-electron chi connectivity index (χ1n) is 3.80. The lowest BCUT2D eigenvalue weighted by atomic mass is 10.4. The van der Waals surface area contributed by atoms with Crippen LogP contribution >= 0.6 is 0 Å². The SMILES string of the molecule is CCCN(CCC)S(C)=O. The van der Waals surface area contributed by atoms with Gasteiger partial charge in [-0.25, -0.2) is 8.51 Å². The quantitative estimate of drug-likeness (QED) is 0.600. The zero-order valence-electron chi connectivity index (χ0n) is 7.09. The van der Waals surface area contributed by atoms with Crippen LogP contribution in [-0.2, 0) is 11.0 Å². The molecule has 0 aliphatic rings. The van der Waals surface area contributed by atoms with E-state index in [1.165, 1.54) is 0 Å². The van der Waals surface area contributed by atoms with Gasteiger partial charge in [0.2, 0.25) is 0 Å². The van der Waals surface area contributed by atoms with E-state index >= 15 is 0 Å². The molecule has 0 fully saturated rings. The van der Waals surface area contributed by atoms with Gasteiger partial charge in [0, 0.05) is 19.3 Å². The molecular weight excluding hydrogens is 146 g/mol. The smallest absolute Gasteiger partial charge is 0.0910 e. The van der Waals surface area contributed by atoms with E-state index in [4.69, 9.17) is 0 Å². The predicted octanol–water partition coefficient (Wildman–Crippen LogP) is 1.40. The van der Waals surface area contributed by atoms with E-state index in [0.717, 1.165) is 25.9 Å². The molecule has 0 aromatic rings. The van der Waals surface area contributed by atoms with Crippen LogP contribution in [0.15, 0.2) is 0 Å². The fourth-order valence-corrected chi connectivity index (χ4v) is 1.75. The van der Waals surface area contributed by atoms with Crippen LogP contribution in [0.2, 0.25) is 0 Å². The van der Waals surface area contributed by atoms with Gasteiger partial charge in [0.05, 0.1) is 11.0 Å². The maximum absolute atomic E-state index is 11.0. The Kier molecular flexibility index (Phi) is 5.93. The summed E-state index contributed by atoms with van der Waals surface area (Å²) in [4.78, 5) is 0. The van der Waals surface area contributed by atoms with Gasteiger partial charge in [-0.1, -0.05) is 13.8 Å². The van der Waals surface area contributed by atoms with Crippen LogP contribution in [0.4, 0.5) is 0 Å². The van der Waals surface area contributed by atoms with Crippen molar-refractivity contribution in [3.05, 3.63) is 0 Å². The molecule has 0 N–H and O–H groups in total. The first kappa shape index (κ1) is 10.1. The normalized spacial score (nSPS) is 14.0. The molecule has 1 atom stereocenters. The Morgan fingerprint density at radius 3 is 1.80 bits per heavy atom. The molecule has 0 heterocycles. The lowest BCUT2D eigenvalue weighted by molar-refractivity contribution is 0.445. The van der Waals surface area contributed by atoms with Crippen LogP contribution in [0.1, 0.15) is 26.7 Å². The molecule has 0 rings (SSSR count). The van der Waals surface area contributed by atoms with Crippen molar-refractivity contribution in [3.63, 3.8) is 0 Å². The van der Waals surface area contributed by atoms with Crippen LogP contribution in [-0.4, -0.2) is 27.9 Å². The molecule has 0 aliphatic heterocycles. The van der Waals surface area contributed by atoms with Crippen molar-refractivity contribution in [2.24, 2.45) is 0 Å². The van der Waals surface area contributed by atoms with Crippen LogP contribution in [0.25, 0.3) is 0 Å². The van der Waals surface area contributed by atoms with Crippen LogP contribution in [0.5, 0.6) is 0 Å². The van der Waals surface area contributed by atoms with Gasteiger partial charge in [-0.15, -0.1) is 0 Å². The molecule has 0 saturated carbocycles. The Labute approximate surface area is 66.2 Å². The first-order chi connectivity index (χ1) is 4.72. The van der Waals surface area contributed by atoms with Gasteiger partial charge in [-0.2, -0.15) is 0 Å².